The van der Waals surface area contributed by atoms with Gasteiger partial charge in [0.2, 0.25) is 0 Å². The van der Waals surface area contributed by atoms with Crippen molar-refractivity contribution in [2.45, 2.75) is 83.5 Å². The molecular weight excluding hydrogens is 334 g/mol. The van der Waals surface area contributed by atoms with Crippen LogP contribution in [0.3, 0.4) is 0 Å². The first-order valence-electron chi connectivity index (χ1n) is 9.91. The fraction of sp³-hybridized carbons (Fsp3) is 0.842. The van der Waals surface area contributed by atoms with E-state index >= 15 is 0 Å². The Bertz CT molecular complexity index is 326. The largest absolute Gasteiger partial charge is 0.396 e. The van der Waals surface area contributed by atoms with Crippen molar-refractivity contribution in [2.24, 2.45) is 4.99 Å². The van der Waals surface area contributed by atoms with E-state index in [4.69, 9.17) is 10.3 Å². The maximum Gasteiger partial charge on any atom is 0.120 e. The van der Waals surface area contributed by atoms with Crippen LogP contribution in [0, 0.1) is 0 Å². The average molecular weight is 374 g/mol. The number of nitrogens with one attached hydrogen (secondary N) is 2. The number of amidine groups is 1. The lowest BCUT2D eigenvalue weighted by Crippen LogP contribution is -2.19. The van der Waals surface area contributed by atoms with Gasteiger partial charge in [0, 0.05) is 26.1 Å². The molecule has 0 saturated heterocycles. The molecule has 0 unspecified atom stereocenters. The number of allylic oxidation sites excluding steroid dienone is 2. The standard InChI is InChI=1S/C19H39N3O2S/c23-18-14-10-9-12-16-20-19(22-24)15-11-7-5-3-1-2-4-6-8-13-17-21-25/h2,4,21,23-25H,1,3,5-18H2,(H,20,22)/b4-2-. The normalized spacial score (nSPS) is 12.2. The first-order chi connectivity index (χ1) is 12.3. The highest BCUT2D eigenvalue weighted by molar-refractivity contribution is 7.78. The van der Waals surface area contributed by atoms with Gasteiger partial charge in [0.15, 0.2) is 0 Å². The zero-order valence-electron chi connectivity index (χ0n) is 15.8. The molecule has 5 nitrogen and oxygen atoms in total. The number of rotatable bonds is 18. The van der Waals surface area contributed by atoms with Crippen LogP contribution in [0.2, 0.25) is 0 Å². The molecule has 0 radical (unpaired) electrons. The van der Waals surface area contributed by atoms with Crippen LogP contribution in [-0.4, -0.2) is 35.8 Å². The molecular formula is C19H39N3O2S. The zero-order chi connectivity index (χ0) is 18.4. The SMILES string of the molecule is OCCCCCCN=C(CCCCCC/C=C\CCCCNS)NO. The molecule has 0 heterocycles. The summed E-state index contributed by atoms with van der Waals surface area (Å²) in [6, 6.07) is 0. The number of hydrogen-bond donors (Lipinski definition) is 5. The number of aliphatic imine (C=N–C) groups is 1. The van der Waals surface area contributed by atoms with Crippen LogP contribution in [-0.2, 0) is 0 Å². The molecule has 25 heavy (non-hydrogen) atoms. The molecule has 0 rings (SSSR count). The van der Waals surface area contributed by atoms with E-state index in [0.717, 1.165) is 64.5 Å². The quantitative estimate of drug-likeness (QED) is 0.0615. The Labute approximate surface area is 159 Å². The minimum Gasteiger partial charge on any atom is -0.396 e. The van der Waals surface area contributed by atoms with E-state index in [1.165, 1.54) is 32.1 Å². The summed E-state index contributed by atoms with van der Waals surface area (Å²) < 4.78 is 2.87. The number of thiol groups is 1. The molecule has 0 amide bonds. The van der Waals surface area contributed by atoms with Gasteiger partial charge in [0.25, 0.3) is 0 Å². The summed E-state index contributed by atoms with van der Waals surface area (Å²) in [7, 11) is 0. The van der Waals surface area contributed by atoms with Crippen molar-refractivity contribution in [3.63, 3.8) is 0 Å². The predicted octanol–water partition coefficient (Wildman–Crippen LogP) is 4.42. The highest BCUT2D eigenvalue weighted by Gasteiger charge is 1.98. The number of hydroxylamine groups is 1. The molecule has 0 fully saturated rings. The maximum absolute atomic E-state index is 9.11. The molecule has 0 saturated carbocycles. The van der Waals surface area contributed by atoms with E-state index in [1.54, 1.807) is 0 Å². The van der Waals surface area contributed by atoms with Crippen molar-refractivity contribution in [2.75, 3.05) is 19.7 Å². The highest BCUT2D eigenvalue weighted by atomic mass is 32.1. The Morgan fingerprint density at radius 1 is 0.840 bits per heavy atom. The fourth-order valence-corrected chi connectivity index (χ4v) is 2.73. The Morgan fingerprint density at radius 2 is 1.48 bits per heavy atom. The molecule has 0 aliphatic carbocycles. The van der Waals surface area contributed by atoms with Crippen LogP contribution in [0.15, 0.2) is 17.1 Å². The van der Waals surface area contributed by atoms with Crippen molar-refractivity contribution in [3.05, 3.63) is 12.2 Å². The summed E-state index contributed by atoms with van der Waals surface area (Å²) in [5.74, 6) is 0.706. The second-order valence-electron chi connectivity index (χ2n) is 6.41. The zero-order valence-corrected chi connectivity index (χ0v) is 16.7. The summed E-state index contributed by atoms with van der Waals surface area (Å²) in [6.45, 7) is 2.01. The lowest BCUT2D eigenvalue weighted by Gasteiger charge is -2.05. The van der Waals surface area contributed by atoms with Gasteiger partial charge in [-0.2, -0.15) is 0 Å². The van der Waals surface area contributed by atoms with E-state index in [1.807, 2.05) is 0 Å². The summed E-state index contributed by atoms with van der Waals surface area (Å²) >= 11 is 3.97. The van der Waals surface area contributed by atoms with Crippen molar-refractivity contribution >= 4 is 18.7 Å². The van der Waals surface area contributed by atoms with E-state index < -0.39 is 0 Å². The smallest absolute Gasteiger partial charge is 0.120 e. The van der Waals surface area contributed by atoms with Crippen LogP contribution in [0.5, 0.6) is 0 Å². The molecule has 148 valence electrons. The van der Waals surface area contributed by atoms with Gasteiger partial charge >= 0.3 is 0 Å². The number of nitrogens with zero attached hydrogens (tertiary/aromatic N) is 1. The third kappa shape index (κ3) is 19.6. The molecule has 0 aliphatic heterocycles. The number of aliphatic hydroxyl groups is 1. The van der Waals surface area contributed by atoms with Gasteiger partial charge in [0.05, 0.1) is 0 Å². The highest BCUT2D eigenvalue weighted by Crippen LogP contribution is 2.07. The van der Waals surface area contributed by atoms with Crippen LogP contribution >= 0.6 is 12.8 Å². The fourth-order valence-electron chi connectivity index (χ4n) is 2.57. The minimum absolute atomic E-state index is 0.274. The topological polar surface area (TPSA) is 76.9 Å². The Balaban J connectivity index is 3.44. The number of unbranched alkanes of at least 4 members (excludes halogenated alkanes) is 9. The van der Waals surface area contributed by atoms with Gasteiger partial charge in [0.1, 0.15) is 5.84 Å². The van der Waals surface area contributed by atoms with Gasteiger partial charge < -0.3 is 5.11 Å². The van der Waals surface area contributed by atoms with Crippen molar-refractivity contribution in [1.29, 1.82) is 0 Å². The van der Waals surface area contributed by atoms with Crippen LogP contribution in [0.1, 0.15) is 83.5 Å². The predicted molar refractivity (Wildman–Crippen MR) is 110 cm³/mol. The van der Waals surface area contributed by atoms with Crippen LogP contribution < -0.4 is 10.2 Å². The Morgan fingerprint density at radius 3 is 2.16 bits per heavy atom. The molecule has 0 aromatic rings. The summed E-state index contributed by atoms with van der Waals surface area (Å²) in [6.07, 6.45) is 18.9. The van der Waals surface area contributed by atoms with E-state index in [-0.39, 0.29) is 6.61 Å². The van der Waals surface area contributed by atoms with E-state index in [9.17, 15) is 0 Å². The molecule has 0 spiro atoms. The van der Waals surface area contributed by atoms with Gasteiger partial charge in [-0.05, 0) is 51.4 Å². The lowest BCUT2D eigenvalue weighted by molar-refractivity contribution is 0.231. The second kappa shape index (κ2) is 21.5. The first kappa shape index (κ1) is 24.4. The van der Waals surface area contributed by atoms with Gasteiger partial charge in [-0.1, -0.05) is 50.7 Å². The van der Waals surface area contributed by atoms with Crippen molar-refractivity contribution in [1.82, 2.24) is 10.2 Å². The lowest BCUT2D eigenvalue weighted by atomic mass is 10.1. The second-order valence-corrected chi connectivity index (χ2v) is 6.72. The first-order valence-corrected chi connectivity index (χ1v) is 10.4. The van der Waals surface area contributed by atoms with Gasteiger partial charge in [-0.3, -0.25) is 20.4 Å². The van der Waals surface area contributed by atoms with Crippen molar-refractivity contribution < 1.29 is 10.3 Å². The third-order valence-corrected chi connectivity index (χ3v) is 4.33. The Kier molecular flexibility index (Phi) is 21.0. The monoisotopic (exact) mass is 373 g/mol. The van der Waals surface area contributed by atoms with Crippen LogP contribution in [0.25, 0.3) is 0 Å². The van der Waals surface area contributed by atoms with E-state index in [0.29, 0.717) is 5.84 Å². The van der Waals surface area contributed by atoms with E-state index in [2.05, 4.69) is 40.2 Å². The number of hydrogen-bond acceptors (Lipinski definition) is 5. The molecule has 6 heteroatoms. The molecule has 0 aromatic carbocycles. The van der Waals surface area contributed by atoms with Gasteiger partial charge in [-0.25, -0.2) is 0 Å². The molecule has 0 aliphatic rings. The third-order valence-electron chi connectivity index (χ3n) is 4.11. The molecule has 0 bridgehead atoms. The minimum atomic E-state index is 0.274. The maximum atomic E-state index is 9.11. The summed E-state index contributed by atoms with van der Waals surface area (Å²) in [4.78, 5) is 4.40. The summed E-state index contributed by atoms with van der Waals surface area (Å²) in [5, 5.41) is 17.8. The van der Waals surface area contributed by atoms with Crippen molar-refractivity contribution in [3.8, 4) is 0 Å². The Hall–Kier alpha value is -0.560. The average Bonchev–Trinajstić information content (AvgIpc) is 2.63. The summed E-state index contributed by atoms with van der Waals surface area (Å²) in [5.41, 5.74) is 2.23. The van der Waals surface area contributed by atoms with Gasteiger partial charge in [-0.15, -0.1) is 0 Å². The molecule has 4 N–H and O–H groups in total. The molecule has 0 atom stereocenters. The number of aliphatic hydroxyl groups excluding tert-OH is 1. The molecule has 0 aromatic heterocycles. The van der Waals surface area contributed by atoms with Crippen LogP contribution in [0.4, 0.5) is 0 Å².